The summed E-state index contributed by atoms with van der Waals surface area (Å²) < 4.78 is 0. The molecule has 0 aliphatic rings. The summed E-state index contributed by atoms with van der Waals surface area (Å²) in [4.78, 5) is 0. The third-order valence-corrected chi connectivity index (χ3v) is 11.0. The fourth-order valence-electron chi connectivity index (χ4n) is 6.74. The highest BCUT2D eigenvalue weighted by Gasteiger charge is 2.19. The first kappa shape index (κ1) is 51.1. The Bertz CT molecular complexity index is 2430. The normalized spacial score (nSPS) is 11.3. The molecule has 7 rings (SSSR count). The van der Waals surface area contributed by atoms with Gasteiger partial charge in [-0.05, 0) is 126 Å². The first-order valence-corrected chi connectivity index (χ1v) is 22.9. The molecule has 0 spiro atoms. The molecule has 326 valence electrons. The minimum atomic E-state index is 0.476. The van der Waals surface area contributed by atoms with E-state index in [9.17, 15) is 0 Å². The average Bonchev–Trinajstić information content (AvgIpc) is 3.32. The van der Waals surface area contributed by atoms with Gasteiger partial charge in [-0.1, -0.05) is 259 Å². The molecule has 1 atom stereocenters. The van der Waals surface area contributed by atoms with Gasteiger partial charge in [-0.3, -0.25) is 0 Å². The van der Waals surface area contributed by atoms with E-state index in [4.69, 9.17) is 0 Å². The lowest BCUT2D eigenvalue weighted by Crippen LogP contribution is -2.00. The molecule has 0 saturated heterocycles. The maximum atomic E-state index is 3.88. The Labute approximate surface area is 383 Å². The summed E-state index contributed by atoms with van der Waals surface area (Å²) in [6.45, 7) is 27.6. The fraction of sp³-hybridized carbons (Fsp3) is 0.238. The van der Waals surface area contributed by atoms with E-state index >= 15 is 0 Å². The zero-order chi connectivity index (χ0) is 46.0. The number of aryl methyl sites for hydroxylation is 3. The van der Waals surface area contributed by atoms with E-state index in [-0.39, 0.29) is 0 Å². The van der Waals surface area contributed by atoms with Crippen LogP contribution in [0.3, 0.4) is 0 Å². The number of rotatable bonds is 9. The van der Waals surface area contributed by atoms with Crippen molar-refractivity contribution < 1.29 is 0 Å². The van der Waals surface area contributed by atoms with Crippen molar-refractivity contribution in [3.63, 3.8) is 0 Å². The summed E-state index contributed by atoms with van der Waals surface area (Å²) in [6, 6.07) is 58.3. The van der Waals surface area contributed by atoms with Gasteiger partial charge in [-0.15, -0.1) is 0 Å². The molecule has 0 saturated carbocycles. The third kappa shape index (κ3) is 16.5. The molecule has 63 heavy (non-hydrogen) atoms. The standard InChI is InChI=1S/C34H34.C13H12.C7H8.C5H12.C4H8/c1-6-12-26(13-7-2)27-20-22-29(23-21-27)32-17-11-16-30(24(4)8-3)34(32)33-25(5)18-19-28-14-9-10-15-31(28)33;1-11-7-9-13(10-8-11)12-5-3-2-4-6-12;1-7-5-3-2-4-6-7;1-4-5(2)3;1-3-4-2/h6-7,9-24H,1,8H2,2-5H3;2-10H,1H3;2-6H,1H3;5H,4H2,1-3H3;3-4H,1-2H3/b13-7-,26-12+;;;;4-3-. The van der Waals surface area contributed by atoms with Crippen molar-refractivity contribution in [1.29, 1.82) is 0 Å². The summed E-state index contributed by atoms with van der Waals surface area (Å²) in [5.74, 6) is 1.36. The lowest BCUT2D eigenvalue weighted by molar-refractivity contribution is 0.626. The predicted octanol–water partition coefficient (Wildman–Crippen LogP) is 19.4. The molecule has 0 aliphatic carbocycles. The van der Waals surface area contributed by atoms with E-state index in [0.717, 1.165) is 12.3 Å². The summed E-state index contributed by atoms with van der Waals surface area (Å²) in [6.07, 6.45) is 14.5. The molecule has 0 heteroatoms. The largest absolute Gasteiger partial charge is 0.0990 e. The van der Waals surface area contributed by atoms with E-state index < -0.39 is 0 Å². The van der Waals surface area contributed by atoms with Crippen LogP contribution >= 0.6 is 0 Å². The van der Waals surface area contributed by atoms with Crippen molar-refractivity contribution in [3.8, 4) is 33.4 Å². The predicted molar refractivity (Wildman–Crippen MR) is 285 cm³/mol. The number of hydrogen-bond acceptors (Lipinski definition) is 0. The summed E-state index contributed by atoms with van der Waals surface area (Å²) in [7, 11) is 0. The Morgan fingerprint density at radius 2 is 1.05 bits per heavy atom. The Balaban J connectivity index is 0.000000293. The SMILES string of the molecule is C/C=C\C.C=C/C=C(\C=C/C)c1ccc(-c2cccc(C(C)CC)c2-c2c(C)ccc3ccccc23)cc1.CCC(C)C.Cc1ccc(-c2ccccc2)cc1.Cc1ccccc1. The van der Waals surface area contributed by atoms with Crippen LogP contribution in [0.25, 0.3) is 49.7 Å². The van der Waals surface area contributed by atoms with Crippen LogP contribution in [0.4, 0.5) is 0 Å². The van der Waals surface area contributed by atoms with Crippen LogP contribution in [0.15, 0.2) is 207 Å². The van der Waals surface area contributed by atoms with Gasteiger partial charge < -0.3 is 0 Å². The number of hydrogen-bond donors (Lipinski definition) is 0. The first-order chi connectivity index (χ1) is 30.5. The Kier molecular flexibility index (Phi) is 23.0. The Hall–Kier alpha value is -6.24. The van der Waals surface area contributed by atoms with Crippen LogP contribution in [0.5, 0.6) is 0 Å². The quantitative estimate of drug-likeness (QED) is 0.100. The van der Waals surface area contributed by atoms with Crippen LogP contribution < -0.4 is 0 Å². The van der Waals surface area contributed by atoms with Gasteiger partial charge in [0.2, 0.25) is 0 Å². The number of fused-ring (bicyclic) bond motifs is 1. The topological polar surface area (TPSA) is 0 Å². The lowest BCUT2D eigenvalue weighted by Gasteiger charge is -2.22. The number of benzene rings is 7. The van der Waals surface area contributed by atoms with Crippen molar-refractivity contribution in [2.24, 2.45) is 5.92 Å². The zero-order valence-corrected chi connectivity index (χ0v) is 40.3. The monoisotopic (exact) mass is 831 g/mol. The second kappa shape index (κ2) is 28.4. The van der Waals surface area contributed by atoms with Crippen LogP contribution in [0.1, 0.15) is 102 Å². The highest BCUT2D eigenvalue weighted by atomic mass is 14.2. The Morgan fingerprint density at radius 3 is 1.57 bits per heavy atom. The molecule has 1 unspecified atom stereocenters. The molecule has 0 bridgehead atoms. The smallest absolute Gasteiger partial charge is 0.00617 e. The van der Waals surface area contributed by atoms with Gasteiger partial charge in [0.25, 0.3) is 0 Å². The van der Waals surface area contributed by atoms with Crippen LogP contribution in [0, 0.1) is 26.7 Å². The van der Waals surface area contributed by atoms with E-state index in [2.05, 4.69) is 220 Å². The number of allylic oxidation sites excluding steroid dienone is 7. The van der Waals surface area contributed by atoms with Gasteiger partial charge in [0.05, 0.1) is 0 Å². The van der Waals surface area contributed by atoms with Crippen LogP contribution in [0.2, 0.25) is 0 Å². The van der Waals surface area contributed by atoms with Crippen LogP contribution in [-0.4, -0.2) is 0 Å². The van der Waals surface area contributed by atoms with Crippen molar-refractivity contribution in [1.82, 2.24) is 0 Å². The second-order valence-corrected chi connectivity index (χ2v) is 16.3. The van der Waals surface area contributed by atoms with Crippen molar-refractivity contribution >= 4 is 16.3 Å². The molecule has 0 aliphatic heterocycles. The third-order valence-electron chi connectivity index (χ3n) is 11.0. The molecule has 0 N–H and O–H groups in total. The molecule has 0 nitrogen and oxygen atoms in total. The van der Waals surface area contributed by atoms with Crippen molar-refractivity contribution in [2.45, 2.75) is 94.9 Å². The maximum absolute atomic E-state index is 3.88. The van der Waals surface area contributed by atoms with Gasteiger partial charge in [0.15, 0.2) is 0 Å². The summed E-state index contributed by atoms with van der Waals surface area (Å²) >= 11 is 0. The molecule has 7 aromatic rings. The highest BCUT2D eigenvalue weighted by molar-refractivity contribution is 6.03. The molecule has 0 radical (unpaired) electrons. The zero-order valence-electron chi connectivity index (χ0n) is 40.3. The molecule has 0 heterocycles. The Morgan fingerprint density at radius 1 is 0.508 bits per heavy atom. The molecule has 0 aromatic heterocycles. The molecular formula is C63H74. The maximum Gasteiger partial charge on any atom is -0.00617 e. The molecule has 7 aromatic carbocycles. The second-order valence-electron chi connectivity index (χ2n) is 16.3. The van der Waals surface area contributed by atoms with Crippen molar-refractivity contribution in [2.75, 3.05) is 0 Å². The summed E-state index contributed by atoms with van der Waals surface area (Å²) in [5.41, 5.74) is 15.6. The van der Waals surface area contributed by atoms with Crippen LogP contribution in [-0.2, 0) is 0 Å². The molecular weight excluding hydrogens is 757 g/mol. The van der Waals surface area contributed by atoms with E-state index in [1.54, 1.807) is 0 Å². The van der Waals surface area contributed by atoms with Gasteiger partial charge in [0.1, 0.15) is 0 Å². The minimum absolute atomic E-state index is 0.476. The van der Waals surface area contributed by atoms with E-state index in [0.29, 0.717) is 5.92 Å². The van der Waals surface area contributed by atoms with E-state index in [1.165, 1.54) is 84.0 Å². The lowest BCUT2D eigenvalue weighted by atomic mass is 9.81. The summed E-state index contributed by atoms with van der Waals surface area (Å²) in [5, 5.41) is 2.61. The fourth-order valence-corrected chi connectivity index (χ4v) is 6.74. The molecule has 0 fully saturated rings. The van der Waals surface area contributed by atoms with E-state index in [1.807, 2.05) is 63.3 Å². The molecule has 0 amide bonds. The van der Waals surface area contributed by atoms with Gasteiger partial charge in [-0.2, -0.15) is 0 Å². The van der Waals surface area contributed by atoms with Gasteiger partial charge >= 0.3 is 0 Å². The minimum Gasteiger partial charge on any atom is -0.0990 e. The average molecular weight is 831 g/mol. The highest BCUT2D eigenvalue weighted by Crippen LogP contribution is 2.43. The van der Waals surface area contributed by atoms with Gasteiger partial charge in [-0.25, -0.2) is 0 Å². The van der Waals surface area contributed by atoms with Gasteiger partial charge in [0, 0.05) is 0 Å². The first-order valence-electron chi connectivity index (χ1n) is 22.9. The van der Waals surface area contributed by atoms with Crippen molar-refractivity contribution in [3.05, 3.63) is 235 Å².